The average Bonchev–Trinajstić information content (AvgIpc) is 3.23. The summed E-state index contributed by atoms with van der Waals surface area (Å²) in [6.07, 6.45) is 4.15. The number of thiophene rings is 1. The van der Waals surface area contributed by atoms with E-state index >= 15 is 0 Å². The summed E-state index contributed by atoms with van der Waals surface area (Å²) < 4.78 is 5.94. The number of ether oxygens (including phenoxy) is 1. The molecule has 156 valence electrons. The highest BCUT2D eigenvalue weighted by molar-refractivity contribution is 7.99. The van der Waals surface area contributed by atoms with Gasteiger partial charge in [0.15, 0.2) is 0 Å². The van der Waals surface area contributed by atoms with Gasteiger partial charge in [-0.05, 0) is 73.5 Å². The van der Waals surface area contributed by atoms with Crippen LogP contribution in [0.5, 0.6) is 5.75 Å². The number of thioether (sulfide) groups is 1. The van der Waals surface area contributed by atoms with E-state index in [0.29, 0.717) is 0 Å². The molecule has 0 bridgehead atoms. The summed E-state index contributed by atoms with van der Waals surface area (Å²) in [5.41, 5.74) is 2.54. The minimum Gasteiger partial charge on any atom is -0.493 e. The second-order valence-corrected chi connectivity index (χ2v) is 9.82. The summed E-state index contributed by atoms with van der Waals surface area (Å²) in [4.78, 5) is 2.44. The lowest BCUT2D eigenvalue weighted by Gasteiger charge is -2.17. The van der Waals surface area contributed by atoms with Gasteiger partial charge in [-0.25, -0.2) is 0 Å². The number of allylic oxidation sites excluding steroid dienone is 1. The molecule has 0 spiro atoms. The zero-order valence-corrected chi connectivity index (χ0v) is 19.7. The molecular formula is C25H33NOS2. The van der Waals surface area contributed by atoms with Crippen molar-refractivity contribution in [2.24, 2.45) is 5.41 Å². The van der Waals surface area contributed by atoms with Crippen LogP contribution in [0.3, 0.4) is 0 Å². The monoisotopic (exact) mass is 427 g/mol. The highest BCUT2D eigenvalue weighted by Crippen LogP contribution is 2.25. The molecule has 2 aromatic rings. The minimum atomic E-state index is 0.0682. The van der Waals surface area contributed by atoms with Gasteiger partial charge in [0.05, 0.1) is 6.61 Å². The van der Waals surface area contributed by atoms with Gasteiger partial charge in [-0.3, -0.25) is 4.90 Å². The highest BCUT2D eigenvalue weighted by Gasteiger charge is 2.03. The molecule has 0 amide bonds. The Balaban J connectivity index is 1.62. The third-order valence-electron chi connectivity index (χ3n) is 4.20. The summed E-state index contributed by atoms with van der Waals surface area (Å²) >= 11 is 3.67. The third-order valence-corrected chi connectivity index (χ3v) is 5.81. The van der Waals surface area contributed by atoms with Crippen LogP contribution in [0.2, 0.25) is 0 Å². The molecule has 0 N–H and O–H groups in total. The molecular weight excluding hydrogens is 394 g/mol. The summed E-state index contributed by atoms with van der Waals surface area (Å²) in [6, 6.07) is 10.5. The molecule has 1 aromatic heterocycles. The summed E-state index contributed by atoms with van der Waals surface area (Å²) in [5, 5.41) is 4.27. The van der Waals surface area contributed by atoms with Gasteiger partial charge in [-0.1, -0.05) is 37.0 Å². The number of hydrogen-bond acceptors (Lipinski definition) is 4. The predicted octanol–water partition coefficient (Wildman–Crippen LogP) is 6.45. The first kappa shape index (κ1) is 23.6. The van der Waals surface area contributed by atoms with Crippen LogP contribution in [0.25, 0.3) is 11.1 Å². The standard InChI is InChI=1S/C25H33NOS2/c1-5-26(14-8-6-7-13-25(2,3)4)15-18-28-19-16-27-24-11-9-10-22(20-24)23-12-17-29-21-23/h6,8-12,17,20-21H,5,14-16,18-19H2,1-4H3/b8-6+. The first-order valence-electron chi connectivity index (χ1n) is 10.2. The van der Waals surface area contributed by atoms with Crippen molar-refractivity contribution in [3.8, 4) is 28.7 Å². The van der Waals surface area contributed by atoms with Crippen molar-refractivity contribution in [1.29, 1.82) is 0 Å². The Morgan fingerprint density at radius 2 is 2.03 bits per heavy atom. The van der Waals surface area contributed by atoms with Crippen molar-refractivity contribution < 1.29 is 4.74 Å². The lowest BCUT2D eigenvalue weighted by Crippen LogP contribution is -2.26. The number of benzene rings is 1. The van der Waals surface area contributed by atoms with E-state index in [2.05, 4.69) is 85.5 Å². The molecule has 2 nitrogen and oxygen atoms in total. The molecule has 0 saturated heterocycles. The third kappa shape index (κ3) is 10.1. The number of nitrogens with zero attached hydrogens (tertiary/aromatic N) is 1. The molecule has 0 atom stereocenters. The van der Waals surface area contributed by atoms with Crippen molar-refractivity contribution in [2.45, 2.75) is 27.7 Å². The van der Waals surface area contributed by atoms with E-state index in [1.165, 1.54) is 11.1 Å². The van der Waals surface area contributed by atoms with Crippen LogP contribution >= 0.6 is 23.1 Å². The van der Waals surface area contributed by atoms with E-state index in [9.17, 15) is 0 Å². The second-order valence-electron chi connectivity index (χ2n) is 7.82. The quantitative estimate of drug-likeness (QED) is 0.302. The predicted molar refractivity (Wildman–Crippen MR) is 131 cm³/mol. The number of rotatable bonds is 11. The first-order valence-corrected chi connectivity index (χ1v) is 12.3. The molecule has 4 heteroatoms. The maximum absolute atomic E-state index is 5.94. The molecule has 0 aliphatic carbocycles. The molecule has 0 aliphatic rings. The van der Waals surface area contributed by atoms with E-state index in [1.54, 1.807) is 11.3 Å². The molecule has 0 radical (unpaired) electrons. The van der Waals surface area contributed by atoms with Crippen molar-refractivity contribution in [1.82, 2.24) is 4.90 Å². The Morgan fingerprint density at radius 1 is 1.17 bits per heavy atom. The SMILES string of the molecule is CCN(C/C=C/C#CC(C)(C)C)CCSCCOc1cccc(-c2ccsc2)c1. The van der Waals surface area contributed by atoms with Crippen molar-refractivity contribution in [3.05, 3.63) is 53.2 Å². The smallest absolute Gasteiger partial charge is 0.119 e. The van der Waals surface area contributed by atoms with E-state index in [-0.39, 0.29) is 5.41 Å². The van der Waals surface area contributed by atoms with E-state index in [0.717, 1.165) is 43.5 Å². The molecule has 2 rings (SSSR count). The van der Waals surface area contributed by atoms with Crippen LogP contribution in [0.1, 0.15) is 27.7 Å². The normalized spacial score (nSPS) is 11.6. The Morgan fingerprint density at radius 3 is 2.76 bits per heavy atom. The van der Waals surface area contributed by atoms with Gasteiger partial charge in [0.1, 0.15) is 5.75 Å². The zero-order chi connectivity index (χ0) is 21.0. The van der Waals surface area contributed by atoms with Gasteiger partial charge < -0.3 is 4.74 Å². The fourth-order valence-electron chi connectivity index (χ4n) is 2.61. The van der Waals surface area contributed by atoms with E-state index < -0.39 is 0 Å². The lowest BCUT2D eigenvalue weighted by atomic mass is 9.98. The van der Waals surface area contributed by atoms with Gasteiger partial charge in [-0.15, -0.1) is 0 Å². The Labute approximate surface area is 185 Å². The van der Waals surface area contributed by atoms with Crippen molar-refractivity contribution in [3.63, 3.8) is 0 Å². The number of likely N-dealkylation sites (N-methyl/N-ethyl adjacent to an activating group) is 1. The van der Waals surface area contributed by atoms with Gasteiger partial charge in [0, 0.05) is 30.0 Å². The molecule has 29 heavy (non-hydrogen) atoms. The molecule has 1 heterocycles. The van der Waals surface area contributed by atoms with E-state index in [1.807, 2.05) is 23.9 Å². The zero-order valence-electron chi connectivity index (χ0n) is 18.1. The van der Waals surface area contributed by atoms with Crippen LogP contribution in [-0.2, 0) is 0 Å². The van der Waals surface area contributed by atoms with E-state index in [4.69, 9.17) is 4.74 Å². The van der Waals surface area contributed by atoms with Gasteiger partial charge >= 0.3 is 0 Å². The summed E-state index contributed by atoms with van der Waals surface area (Å²) in [6.45, 7) is 12.5. The lowest BCUT2D eigenvalue weighted by molar-refractivity contribution is 0.337. The molecule has 0 fully saturated rings. The van der Waals surface area contributed by atoms with Gasteiger partial charge in [0.25, 0.3) is 0 Å². The molecule has 0 aliphatic heterocycles. The van der Waals surface area contributed by atoms with Crippen LogP contribution in [0.15, 0.2) is 53.2 Å². The molecule has 1 aromatic carbocycles. The van der Waals surface area contributed by atoms with Crippen LogP contribution < -0.4 is 4.74 Å². The number of hydrogen-bond donors (Lipinski definition) is 0. The van der Waals surface area contributed by atoms with Crippen LogP contribution in [-0.4, -0.2) is 42.6 Å². The highest BCUT2D eigenvalue weighted by atomic mass is 32.2. The maximum Gasteiger partial charge on any atom is 0.119 e. The second kappa shape index (κ2) is 12.8. The Bertz CT molecular complexity index is 794. The maximum atomic E-state index is 5.94. The minimum absolute atomic E-state index is 0.0682. The first-order chi connectivity index (χ1) is 14.0. The summed E-state index contributed by atoms with van der Waals surface area (Å²) in [5.74, 6) is 9.45. The Hall–Kier alpha value is -1.67. The largest absolute Gasteiger partial charge is 0.493 e. The fourth-order valence-corrected chi connectivity index (χ4v) is 4.06. The molecule has 0 unspecified atom stereocenters. The van der Waals surface area contributed by atoms with Gasteiger partial charge in [0.2, 0.25) is 0 Å². The Kier molecular flexibility index (Phi) is 10.4. The van der Waals surface area contributed by atoms with Crippen LogP contribution in [0.4, 0.5) is 0 Å². The van der Waals surface area contributed by atoms with Gasteiger partial charge in [-0.2, -0.15) is 23.1 Å². The molecule has 0 saturated carbocycles. The summed E-state index contributed by atoms with van der Waals surface area (Å²) in [7, 11) is 0. The average molecular weight is 428 g/mol. The topological polar surface area (TPSA) is 12.5 Å². The van der Waals surface area contributed by atoms with Crippen LogP contribution in [0, 0.1) is 17.3 Å². The van der Waals surface area contributed by atoms with Crippen molar-refractivity contribution in [2.75, 3.05) is 37.7 Å². The van der Waals surface area contributed by atoms with Crippen molar-refractivity contribution >= 4 is 23.1 Å². The fraction of sp³-hybridized carbons (Fsp3) is 0.440.